The van der Waals surface area contributed by atoms with Crippen LogP contribution in [0.3, 0.4) is 0 Å². The van der Waals surface area contributed by atoms with Gasteiger partial charge < -0.3 is 4.74 Å². The maximum absolute atomic E-state index is 8.69. The number of hydrogen-bond donors (Lipinski definition) is 0. The van der Waals surface area contributed by atoms with E-state index in [-0.39, 0.29) is 11.8 Å². The standard InChI is InChI=1S/C9H9N3O/c10-6-8-9(12-5-4-11-8)13-7-2-1-3-7/h4-5,7H,1-3H2. The van der Waals surface area contributed by atoms with Gasteiger partial charge in [-0.2, -0.15) is 5.26 Å². The van der Waals surface area contributed by atoms with Crippen LogP contribution in [0, 0.1) is 11.3 Å². The van der Waals surface area contributed by atoms with Crippen molar-refractivity contribution in [3.05, 3.63) is 18.1 Å². The topological polar surface area (TPSA) is 58.8 Å². The first kappa shape index (κ1) is 7.99. The fourth-order valence-corrected chi connectivity index (χ4v) is 1.13. The van der Waals surface area contributed by atoms with Crippen molar-refractivity contribution in [2.75, 3.05) is 0 Å². The highest BCUT2D eigenvalue weighted by Gasteiger charge is 2.21. The van der Waals surface area contributed by atoms with Gasteiger partial charge in [0.15, 0.2) is 0 Å². The third kappa shape index (κ3) is 1.59. The molecule has 0 unspecified atom stereocenters. The van der Waals surface area contributed by atoms with Crippen LogP contribution < -0.4 is 4.74 Å². The molecule has 4 heteroatoms. The highest BCUT2D eigenvalue weighted by Crippen LogP contribution is 2.24. The van der Waals surface area contributed by atoms with Crippen LogP contribution in [0.2, 0.25) is 0 Å². The van der Waals surface area contributed by atoms with Crippen molar-refractivity contribution in [3.8, 4) is 11.9 Å². The van der Waals surface area contributed by atoms with E-state index in [0.29, 0.717) is 5.88 Å². The SMILES string of the molecule is N#Cc1nccnc1OC1CCC1. The summed E-state index contributed by atoms with van der Waals surface area (Å²) in [6, 6.07) is 1.95. The molecule has 1 aliphatic carbocycles. The van der Waals surface area contributed by atoms with E-state index in [1.165, 1.54) is 18.8 Å². The number of ether oxygens (including phenoxy) is 1. The van der Waals surface area contributed by atoms with E-state index in [0.717, 1.165) is 12.8 Å². The fraction of sp³-hybridized carbons (Fsp3) is 0.444. The molecule has 0 aliphatic heterocycles. The average molecular weight is 175 g/mol. The van der Waals surface area contributed by atoms with Gasteiger partial charge in [0, 0.05) is 12.4 Å². The molecule has 1 aromatic heterocycles. The lowest BCUT2D eigenvalue weighted by atomic mass is 9.96. The van der Waals surface area contributed by atoms with Crippen molar-refractivity contribution in [2.45, 2.75) is 25.4 Å². The van der Waals surface area contributed by atoms with Gasteiger partial charge in [0.1, 0.15) is 12.2 Å². The number of aromatic nitrogens is 2. The smallest absolute Gasteiger partial charge is 0.251 e. The largest absolute Gasteiger partial charge is 0.472 e. The van der Waals surface area contributed by atoms with E-state index in [1.807, 2.05) is 6.07 Å². The molecule has 1 aliphatic rings. The Balaban J connectivity index is 2.14. The number of hydrogen-bond acceptors (Lipinski definition) is 4. The molecular weight excluding hydrogens is 166 g/mol. The molecule has 0 atom stereocenters. The molecule has 1 aromatic rings. The second kappa shape index (κ2) is 3.40. The zero-order valence-corrected chi connectivity index (χ0v) is 7.10. The molecule has 1 saturated carbocycles. The molecule has 4 nitrogen and oxygen atoms in total. The minimum absolute atomic E-state index is 0.240. The Hall–Kier alpha value is -1.63. The Morgan fingerprint density at radius 1 is 1.38 bits per heavy atom. The van der Waals surface area contributed by atoms with Gasteiger partial charge in [-0.05, 0) is 19.3 Å². The Morgan fingerprint density at radius 2 is 2.15 bits per heavy atom. The Labute approximate surface area is 76.2 Å². The lowest BCUT2D eigenvalue weighted by molar-refractivity contribution is 0.113. The van der Waals surface area contributed by atoms with Crippen LogP contribution in [-0.2, 0) is 0 Å². The average Bonchev–Trinajstić information content (AvgIpc) is 2.12. The number of rotatable bonds is 2. The van der Waals surface area contributed by atoms with E-state index in [2.05, 4.69) is 9.97 Å². The summed E-state index contributed by atoms with van der Waals surface area (Å²) in [5, 5.41) is 8.69. The van der Waals surface area contributed by atoms with E-state index in [1.54, 1.807) is 0 Å². The lowest BCUT2D eigenvalue weighted by Crippen LogP contribution is -2.25. The van der Waals surface area contributed by atoms with Gasteiger partial charge in [0.2, 0.25) is 5.69 Å². The van der Waals surface area contributed by atoms with Crippen molar-refractivity contribution in [3.63, 3.8) is 0 Å². The highest BCUT2D eigenvalue weighted by molar-refractivity contribution is 5.30. The van der Waals surface area contributed by atoms with Gasteiger partial charge >= 0.3 is 0 Å². The van der Waals surface area contributed by atoms with Crippen LogP contribution in [-0.4, -0.2) is 16.1 Å². The van der Waals surface area contributed by atoms with Crippen LogP contribution in [0.25, 0.3) is 0 Å². The fourth-order valence-electron chi connectivity index (χ4n) is 1.13. The molecule has 1 fully saturated rings. The maximum Gasteiger partial charge on any atom is 0.251 e. The zero-order chi connectivity index (χ0) is 9.10. The first-order valence-electron chi connectivity index (χ1n) is 4.28. The van der Waals surface area contributed by atoms with Gasteiger partial charge in [-0.1, -0.05) is 0 Å². The molecular formula is C9H9N3O. The first-order chi connectivity index (χ1) is 6.40. The predicted octanol–water partition coefficient (Wildman–Crippen LogP) is 1.28. The lowest BCUT2D eigenvalue weighted by Gasteiger charge is -2.25. The van der Waals surface area contributed by atoms with Gasteiger partial charge in [-0.25, -0.2) is 9.97 Å². The minimum atomic E-state index is 0.240. The van der Waals surface area contributed by atoms with Crippen molar-refractivity contribution in [1.29, 1.82) is 5.26 Å². The number of nitriles is 1. The molecule has 2 rings (SSSR count). The van der Waals surface area contributed by atoms with E-state index in [9.17, 15) is 0 Å². The van der Waals surface area contributed by atoms with Crippen molar-refractivity contribution in [2.24, 2.45) is 0 Å². The van der Waals surface area contributed by atoms with E-state index >= 15 is 0 Å². The second-order valence-corrected chi connectivity index (χ2v) is 2.99. The quantitative estimate of drug-likeness (QED) is 0.679. The summed E-state index contributed by atoms with van der Waals surface area (Å²) >= 11 is 0. The summed E-state index contributed by atoms with van der Waals surface area (Å²) in [6.07, 6.45) is 6.58. The summed E-state index contributed by atoms with van der Waals surface area (Å²) in [5.74, 6) is 0.370. The van der Waals surface area contributed by atoms with Crippen LogP contribution in [0.4, 0.5) is 0 Å². The van der Waals surface area contributed by atoms with Crippen LogP contribution >= 0.6 is 0 Å². The molecule has 0 amide bonds. The molecule has 0 aromatic carbocycles. The van der Waals surface area contributed by atoms with Gasteiger partial charge in [0.05, 0.1) is 0 Å². The summed E-state index contributed by atoms with van der Waals surface area (Å²) < 4.78 is 5.48. The summed E-state index contributed by atoms with van der Waals surface area (Å²) in [4.78, 5) is 7.82. The zero-order valence-electron chi connectivity index (χ0n) is 7.10. The Kier molecular flexibility index (Phi) is 2.09. The molecule has 0 bridgehead atoms. The number of nitrogens with zero attached hydrogens (tertiary/aromatic N) is 3. The van der Waals surface area contributed by atoms with Crippen molar-refractivity contribution >= 4 is 0 Å². The molecule has 0 saturated heterocycles. The Bertz CT molecular complexity index is 341. The van der Waals surface area contributed by atoms with Gasteiger partial charge in [-0.3, -0.25) is 0 Å². The van der Waals surface area contributed by atoms with E-state index in [4.69, 9.17) is 10.00 Å². The summed E-state index contributed by atoms with van der Waals surface area (Å²) in [7, 11) is 0. The first-order valence-corrected chi connectivity index (χ1v) is 4.28. The third-order valence-corrected chi connectivity index (χ3v) is 2.10. The van der Waals surface area contributed by atoms with Crippen molar-refractivity contribution < 1.29 is 4.74 Å². The maximum atomic E-state index is 8.69. The molecule has 1 heterocycles. The predicted molar refractivity (Wildman–Crippen MR) is 45.0 cm³/mol. The molecule has 0 spiro atoms. The summed E-state index contributed by atoms with van der Waals surface area (Å²) in [5.41, 5.74) is 0.273. The molecule has 0 N–H and O–H groups in total. The minimum Gasteiger partial charge on any atom is -0.472 e. The third-order valence-electron chi connectivity index (χ3n) is 2.10. The van der Waals surface area contributed by atoms with Gasteiger partial charge in [-0.15, -0.1) is 0 Å². The molecule has 13 heavy (non-hydrogen) atoms. The second-order valence-electron chi connectivity index (χ2n) is 2.99. The van der Waals surface area contributed by atoms with Crippen LogP contribution in [0.15, 0.2) is 12.4 Å². The van der Waals surface area contributed by atoms with Crippen molar-refractivity contribution in [1.82, 2.24) is 9.97 Å². The molecule has 66 valence electrons. The normalized spacial score (nSPS) is 15.9. The highest BCUT2D eigenvalue weighted by atomic mass is 16.5. The van der Waals surface area contributed by atoms with Crippen LogP contribution in [0.1, 0.15) is 25.0 Å². The molecule has 0 radical (unpaired) electrons. The monoisotopic (exact) mass is 175 g/mol. The van der Waals surface area contributed by atoms with Crippen LogP contribution in [0.5, 0.6) is 5.88 Å². The van der Waals surface area contributed by atoms with Gasteiger partial charge in [0.25, 0.3) is 5.88 Å². The van der Waals surface area contributed by atoms with E-state index < -0.39 is 0 Å². The Morgan fingerprint density at radius 3 is 2.77 bits per heavy atom. The summed E-state index contributed by atoms with van der Waals surface area (Å²) in [6.45, 7) is 0.